The van der Waals surface area contributed by atoms with Crippen LogP contribution in [-0.4, -0.2) is 34.1 Å². The fourth-order valence-corrected chi connectivity index (χ4v) is 2.37. The Morgan fingerprint density at radius 1 is 1.38 bits per heavy atom. The maximum Gasteiger partial charge on any atom is 0.0950 e. The van der Waals surface area contributed by atoms with Crippen LogP contribution in [0, 0.1) is 11.8 Å². The minimum absolute atomic E-state index is 0.674. The van der Waals surface area contributed by atoms with Crippen molar-refractivity contribution in [1.29, 1.82) is 0 Å². The molecule has 1 aromatic heterocycles. The number of nitrogens with zero attached hydrogens (tertiary/aromatic N) is 3. The molecule has 0 saturated carbocycles. The summed E-state index contributed by atoms with van der Waals surface area (Å²) in [7, 11) is 0. The summed E-state index contributed by atoms with van der Waals surface area (Å²) in [5.74, 6) is 1.62. The molecule has 0 spiro atoms. The molecule has 0 amide bonds. The van der Waals surface area contributed by atoms with Crippen LogP contribution >= 0.6 is 0 Å². The van der Waals surface area contributed by atoms with Crippen molar-refractivity contribution in [1.82, 2.24) is 14.5 Å². The molecule has 0 radical (unpaired) electrons. The van der Waals surface area contributed by atoms with E-state index in [2.05, 4.69) is 34.5 Å². The smallest absolute Gasteiger partial charge is 0.0950 e. The molecule has 1 saturated heterocycles. The van der Waals surface area contributed by atoms with Gasteiger partial charge in [-0.3, -0.25) is 4.90 Å². The van der Waals surface area contributed by atoms with Gasteiger partial charge in [-0.05, 0) is 11.8 Å². The van der Waals surface area contributed by atoms with Crippen LogP contribution in [0.25, 0.3) is 0 Å². The van der Waals surface area contributed by atoms with Gasteiger partial charge in [-0.2, -0.15) is 0 Å². The summed E-state index contributed by atoms with van der Waals surface area (Å²) in [6, 6.07) is 0. The summed E-state index contributed by atoms with van der Waals surface area (Å²) >= 11 is 0. The lowest BCUT2D eigenvalue weighted by Gasteiger charge is -2.13. The number of aromatic nitrogens is 2. The SMILES string of the molecule is CC1CN(Cc2cn(CCN)cn2)CC1C. The molecule has 2 unspecified atom stereocenters. The zero-order chi connectivity index (χ0) is 11.5. The Hall–Kier alpha value is -0.870. The van der Waals surface area contributed by atoms with Gasteiger partial charge < -0.3 is 10.3 Å². The highest BCUT2D eigenvalue weighted by molar-refractivity contribution is 4.98. The largest absolute Gasteiger partial charge is 0.336 e. The van der Waals surface area contributed by atoms with E-state index in [-0.39, 0.29) is 0 Å². The first-order chi connectivity index (χ1) is 7.69. The molecule has 2 N–H and O–H groups in total. The third-order valence-electron chi connectivity index (χ3n) is 3.52. The van der Waals surface area contributed by atoms with Gasteiger partial charge in [0.25, 0.3) is 0 Å². The normalized spacial score (nSPS) is 26.4. The van der Waals surface area contributed by atoms with Crippen molar-refractivity contribution in [2.45, 2.75) is 26.9 Å². The second-order valence-corrected chi connectivity index (χ2v) is 5.04. The fourth-order valence-electron chi connectivity index (χ4n) is 2.37. The fraction of sp³-hybridized carbons (Fsp3) is 0.750. The van der Waals surface area contributed by atoms with Gasteiger partial charge >= 0.3 is 0 Å². The summed E-state index contributed by atoms with van der Waals surface area (Å²) in [5, 5.41) is 0. The summed E-state index contributed by atoms with van der Waals surface area (Å²) in [6.07, 6.45) is 3.99. The Morgan fingerprint density at radius 3 is 2.69 bits per heavy atom. The topological polar surface area (TPSA) is 47.1 Å². The molecule has 4 heteroatoms. The van der Waals surface area contributed by atoms with Crippen molar-refractivity contribution < 1.29 is 0 Å². The molecule has 90 valence electrons. The molecule has 2 heterocycles. The quantitative estimate of drug-likeness (QED) is 0.824. The molecule has 1 aliphatic heterocycles. The van der Waals surface area contributed by atoms with E-state index in [4.69, 9.17) is 5.73 Å². The predicted molar refractivity (Wildman–Crippen MR) is 64.9 cm³/mol. The number of nitrogens with two attached hydrogens (primary N) is 1. The molecule has 2 rings (SSSR count). The maximum atomic E-state index is 5.51. The highest BCUT2D eigenvalue weighted by atomic mass is 15.2. The van der Waals surface area contributed by atoms with Crippen LogP contribution in [0.3, 0.4) is 0 Å². The van der Waals surface area contributed by atoms with E-state index in [1.807, 2.05) is 6.33 Å². The molecule has 1 aliphatic rings. The van der Waals surface area contributed by atoms with Gasteiger partial charge in [0.15, 0.2) is 0 Å². The van der Waals surface area contributed by atoms with E-state index < -0.39 is 0 Å². The lowest BCUT2D eigenvalue weighted by Crippen LogP contribution is -2.20. The van der Waals surface area contributed by atoms with Crippen LogP contribution in [0.5, 0.6) is 0 Å². The van der Waals surface area contributed by atoms with Crippen LogP contribution in [0.15, 0.2) is 12.5 Å². The van der Waals surface area contributed by atoms with Gasteiger partial charge in [0, 0.05) is 38.9 Å². The molecular weight excluding hydrogens is 200 g/mol. The molecule has 0 aliphatic carbocycles. The minimum atomic E-state index is 0.674. The average Bonchev–Trinajstić information content (AvgIpc) is 2.77. The van der Waals surface area contributed by atoms with Crippen molar-refractivity contribution in [3.8, 4) is 0 Å². The molecule has 2 atom stereocenters. The number of likely N-dealkylation sites (tertiary alicyclic amines) is 1. The highest BCUT2D eigenvalue weighted by Gasteiger charge is 2.26. The first-order valence-electron chi connectivity index (χ1n) is 6.12. The number of hydrogen-bond acceptors (Lipinski definition) is 3. The standard InChI is InChI=1S/C12H22N4/c1-10-5-16(6-11(10)2)8-12-7-15(4-3-13)9-14-12/h7,9-11H,3-6,8,13H2,1-2H3. The Morgan fingerprint density at radius 2 is 2.06 bits per heavy atom. The van der Waals surface area contributed by atoms with E-state index >= 15 is 0 Å². The number of imidazole rings is 1. The maximum absolute atomic E-state index is 5.51. The molecule has 4 nitrogen and oxygen atoms in total. The molecule has 0 aromatic carbocycles. The minimum Gasteiger partial charge on any atom is -0.336 e. The highest BCUT2D eigenvalue weighted by Crippen LogP contribution is 2.23. The molecule has 1 fully saturated rings. The van der Waals surface area contributed by atoms with Crippen molar-refractivity contribution in [2.75, 3.05) is 19.6 Å². The van der Waals surface area contributed by atoms with Crippen molar-refractivity contribution in [3.05, 3.63) is 18.2 Å². The van der Waals surface area contributed by atoms with E-state index in [1.54, 1.807) is 0 Å². The van der Waals surface area contributed by atoms with Gasteiger partial charge in [0.1, 0.15) is 0 Å². The second kappa shape index (κ2) is 4.97. The zero-order valence-corrected chi connectivity index (χ0v) is 10.3. The van der Waals surface area contributed by atoms with Gasteiger partial charge in [0.05, 0.1) is 12.0 Å². The summed E-state index contributed by atoms with van der Waals surface area (Å²) in [4.78, 5) is 6.90. The van der Waals surface area contributed by atoms with Crippen molar-refractivity contribution in [2.24, 2.45) is 17.6 Å². The van der Waals surface area contributed by atoms with Crippen LogP contribution in [0.2, 0.25) is 0 Å². The monoisotopic (exact) mass is 222 g/mol. The van der Waals surface area contributed by atoms with Gasteiger partial charge in [-0.1, -0.05) is 13.8 Å². The Kier molecular flexibility index (Phi) is 3.61. The Labute approximate surface area is 97.4 Å². The zero-order valence-electron chi connectivity index (χ0n) is 10.3. The lowest BCUT2D eigenvalue weighted by atomic mass is 10.0. The van der Waals surface area contributed by atoms with Gasteiger partial charge in [0.2, 0.25) is 0 Å². The van der Waals surface area contributed by atoms with Gasteiger partial charge in [-0.15, -0.1) is 0 Å². The molecule has 16 heavy (non-hydrogen) atoms. The van der Waals surface area contributed by atoms with Crippen LogP contribution in [0.4, 0.5) is 0 Å². The average molecular weight is 222 g/mol. The predicted octanol–water partition coefficient (Wildman–Crippen LogP) is 0.930. The van der Waals surface area contributed by atoms with Crippen LogP contribution < -0.4 is 5.73 Å². The van der Waals surface area contributed by atoms with E-state index in [0.717, 1.165) is 30.6 Å². The molecule has 0 bridgehead atoms. The van der Waals surface area contributed by atoms with Gasteiger partial charge in [-0.25, -0.2) is 4.98 Å². The van der Waals surface area contributed by atoms with E-state index in [0.29, 0.717) is 6.54 Å². The van der Waals surface area contributed by atoms with Crippen LogP contribution in [0.1, 0.15) is 19.5 Å². The first kappa shape index (κ1) is 11.6. The lowest BCUT2D eigenvalue weighted by molar-refractivity contribution is 0.312. The summed E-state index contributed by atoms with van der Waals surface area (Å²) in [6.45, 7) is 9.57. The molecular formula is C12H22N4. The second-order valence-electron chi connectivity index (χ2n) is 5.04. The summed E-state index contributed by atoms with van der Waals surface area (Å²) in [5.41, 5.74) is 6.67. The van der Waals surface area contributed by atoms with Crippen LogP contribution in [-0.2, 0) is 13.1 Å². The third kappa shape index (κ3) is 2.62. The number of hydrogen-bond donors (Lipinski definition) is 1. The Bertz CT molecular complexity index is 324. The number of rotatable bonds is 4. The van der Waals surface area contributed by atoms with Crippen molar-refractivity contribution in [3.63, 3.8) is 0 Å². The molecule has 1 aromatic rings. The van der Waals surface area contributed by atoms with E-state index in [1.165, 1.54) is 13.1 Å². The van der Waals surface area contributed by atoms with Crippen molar-refractivity contribution >= 4 is 0 Å². The van der Waals surface area contributed by atoms with E-state index in [9.17, 15) is 0 Å². The Balaban J connectivity index is 1.89. The third-order valence-corrected chi connectivity index (χ3v) is 3.52. The first-order valence-corrected chi connectivity index (χ1v) is 6.12. The summed E-state index contributed by atoms with van der Waals surface area (Å²) < 4.78 is 2.07.